The molecular formula is C20H21ClF3N3O2. The highest BCUT2D eigenvalue weighted by atomic mass is 35.5. The van der Waals surface area contributed by atoms with Gasteiger partial charge in [0.15, 0.2) is 5.69 Å². The van der Waals surface area contributed by atoms with E-state index in [1.165, 1.54) is 12.3 Å². The molecule has 1 atom stereocenters. The van der Waals surface area contributed by atoms with Crippen LogP contribution in [0.2, 0.25) is 5.02 Å². The summed E-state index contributed by atoms with van der Waals surface area (Å²) in [5.41, 5.74) is 0.581. The maximum atomic E-state index is 12.8. The van der Waals surface area contributed by atoms with Crippen LogP contribution in [0.1, 0.15) is 30.0 Å². The lowest BCUT2D eigenvalue weighted by atomic mass is 9.54. The van der Waals surface area contributed by atoms with E-state index in [-0.39, 0.29) is 23.0 Å². The first-order valence-corrected chi connectivity index (χ1v) is 9.70. The fourth-order valence-electron chi connectivity index (χ4n) is 4.71. The molecule has 2 aliphatic rings. The summed E-state index contributed by atoms with van der Waals surface area (Å²) in [6.07, 6.45) is 1.96. The molecule has 2 fully saturated rings. The highest BCUT2D eigenvalue weighted by Gasteiger charge is 2.54. The third kappa shape index (κ3) is 3.64. The third-order valence-corrected chi connectivity index (χ3v) is 6.39. The zero-order valence-corrected chi connectivity index (χ0v) is 16.5. The van der Waals surface area contributed by atoms with Crippen LogP contribution in [0.25, 0.3) is 0 Å². The topological polar surface area (TPSA) is 58.5 Å². The Hall–Kier alpha value is -2.06. The fourth-order valence-corrected chi connectivity index (χ4v) is 4.98. The van der Waals surface area contributed by atoms with Gasteiger partial charge in [-0.1, -0.05) is 11.6 Å². The van der Waals surface area contributed by atoms with Crippen LogP contribution in [0.4, 0.5) is 18.9 Å². The van der Waals surface area contributed by atoms with Crippen molar-refractivity contribution in [2.75, 3.05) is 31.7 Å². The van der Waals surface area contributed by atoms with E-state index >= 15 is 0 Å². The quantitative estimate of drug-likeness (QED) is 0.776. The van der Waals surface area contributed by atoms with Gasteiger partial charge in [0.05, 0.1) is 30.6 Å². The Morgan fingerprint density at radius 3 is 2.66 bits per heavy atom. The predicted molar refractivity (Wildman–Crippen MR) is 102 cm³/mol. The molecule has 156 valence electrons. The van der Waals surface area contributed by atoms with Gasteiger partial charge in [-0.05, 0) is 30.9 Å². The number of halogens is 4. The Morgan fingerprint density at radius 2 is 2.07 bits per heavy atom. The zero-order valence-electron chi connectivity index (χ0n) is 15.8. The molecule has 4 rings (SSSR count). The molecule has 9 heteroatoms. The molecule has 1 saturated carbocycles. The van der Waals surface area contributed by atoms with Crippen LogP contribution < -0.4 is 9.64 Å². The van der Waals surface area contributed by atoms with Crippen molar-refractivity contribution in [2.45, 2.75) is 24.9 Å². The van der Waals surface area contributed by atoms with Crippen LogP contribution in [0.15, 0.2) is 30.7 Å². The van der Waals surface area contributed by atoms with Crippen molar-refractivity contribution in [1.29, 1.82) is 0 Å². The summed E-state index contributed by atoms with van der Waals surface area (Å²) < 4.78 is 43.8. The average molecular weight is 428 g/mol. The predicted octanol–water partition coefficient (Wildman–Crippen LogP) is 4.15. The molecule has 0 bridgehead atoms. The van der Waals surface area contributed by atoms with Crippen molar-refractivity contribution in [3.63, 3.8) is 0 Å². The molecule has 0 radical (unpaired) electrons. The fraction of sp³-hybridized carbons (Fsp3) is 0.500. The molecule has 1 aliphatic heterocycles. The second-order valence-corrected chi connectivity index (χ2v) is 8.36. The monoisotopic (exact) mass is 427 g/mol. The van der Waals surface area contributed by atoms with E-state index in [9.17, 15) is 18.3 Å². The number of anilines is 1. The van der Waals surface area contributed by atoms with Gasteiger partial charge in [0, 0.05) is 42.4 Å². The molecule has 5 nitrogen and oxygen atoms in total. The van der Waals surface area contributed by atoms with Gasteiger partial charge >= 0.3 is 6.18 Å². The van der Waals surface area contributed by atoms with Gasteiger partial charge in [0.2, 0.25) is 0 Å². The molecule has 0 aromatic carbocycles. The summed E-state index contributed by atoms with van der Waals surface area (Å²) in [4.78, 5) is 9.66. The molecule has 1 N–H and O–H groups in total. The minimum Gasteiger partial charge on any atom is -0.496 e. The van der Waals surface area contributed by atoms with Crippen molar-refractivity contribution in [1.82, 2.24) is 9.97 Å². The SMILES string of the molecule is COc1ccncc1C(CO)C1CC2(C1)CN(c1cnc(C(F)(F)F)c(Cl)c1)C2. The van der Waals surface area contributed by atoms with E-state index in [1.54, 1.807) is 25.6 Å². The molecule has 29 heavy (non-hydrogen) atoms. The molecule has 0 amide bonds. The lowest BCUT2D eigenvalue weighted by Gasteiger charge is -2.61. The number of rotatable bonds is 5. The number of hydrogen-bond donors (Lipinski definition) is 1. The molecule has 2 aromatic heterocycles. The highest BCUT2D eigenvalue weighted by Crippen LogP contribution is 2.57. The van der Waals surface area contributed by atoms with Crippen molar-refractivity contribution in [3.8, 4) is 5.75 Å². The van der Waals surface area contributed by atoms with Gasteiger partial charge in [-0.15, -0.1) is 0 Å². The minimum absolute atomic E-state index is 0.0188. The van der Waals surface area contributed by atoms with Gasteiger partial charge in [0.25, 0.3) is 0 Å². The smallest absolute Gasteiger partial charge is 0.434 e. The first kappa shape index (κ1) is 20.2. The van der Waals surface area contributed by atoms with Crippen LogP contribution in [0.3, 0.4) is 0 Å². The van der Waals surface area contributed by atoms with Crippen LogP contribution in [-0.4, -0.2) is 41.9 Å². The molecule has 3 heterocycles. The minimum atomic E-state index is -4.56. The lowest BCUT2D eigenvalue weighted by molar-refractivity contribution is -0.141. The summed E-state index contributed by atoms with van der Waals surface area (Å²) in [5, 5.41) is 9.56. The van der Waals surface area contributed by atoms with E-state index < -0.39 is 11.9 Å². The number of aromatic nitrogens is 2. The molecule has 1 spiro atoms. The molecule has 1 saturated heterocycles. The van der Waals surface area contributed by atoms with E-state index in [0.717, 1.165) is 37.2 Å². The summed E-state index contributed by atoms with van der Waals surface area (Å²) in [5.74, 6) is 0.996. The van der Waals surface area contributed by atoms with E-state index in [1.807, 2.05) is 4.90 Å². The van der Waals surface area contributed by atoms with E-state index in [4.69, 9.17) is 16.3 Å². The Kier molecular flexibility index (Phi) is 5.11. The molecule has 1 aliphatic carbocycles. The van der Waals surface area contributed by atoms with Crippen LogP contribution in [0.5, 0.6) is 5.75 Å². The standard InChI is InChI=1S/C20H21ClF3N3O2/c1-29-17-2-3-25-8-14(17)15(9-28)12-5-19(6-12)10-27(11-19)13-4-16(21)18(26-7-13)20(22,23)24/h2-4,7-8,12,15,28H,5-6,9-11H2,1H3. The number of methoxy groups -OCH3 is 1. The molecule has 2 aromatic rings. The number of alkyl halides is 3. The number of nitrogens with zero attached hydrogens (tertiary/aromatic N) is 3. The Bertz CT molecular complexity index is 895. The van der Waals surface area contributed by atoms with Gasteiger partial charge in [0.1, 0.15) is 5.75 Å². The van der Waals surface area contributed by atoms with E-state index in [2.05, 4.69) is 9.97 Å². The number of pyridine rings is 2. The van der Waals surface area contributed by atoms with Crippen molar-refractivity contribution < 1.29 is 23.0 Å². The largest absolute Gasteiger partial charge is 0.496 e. The normalized spacial score (nSPS) is 19.6. The molecular weight excluding hydrogens is 407 g/mol. The number of ether oxygens (including phenoxy) is 1. The third-order valence-electron chi connectivity index (χ3n) is 6.10. The van der Waals surface area contributed by atoms with Crippen LogP contribution in [-0.2, 0) is 6.18 Å². The van der Waals surface area contributed by atoms with Gasteiger partial charge < -0.3 is 14.7 Å². The van der Waals surface area contributed by atoms with Gasteiger partial charge in [-0.2, -0.15) is 13.2 Å². The van der Waals surface area contributed by atoms with Crippen LogP contribution >= 0.6 is 11.6 Å². The second kappa shape index (κ2) is 7.32. The van der Waals surface area contributed by atoms with Gasteiger partial charge in [-0.3, -0.25) is 4.98 Å². The Morgan fingerprint density at radius 1 is 1.34 bits per heavy atom. The maximum absolute atomic E-state index is 12.8. The summed E-state index contributed by atoms with van der Waals surface area (Å²) in [7, 11) is 1.60. The Labute approximate surface area is 171 Å². The highest BCUT2D eigenvalue weighted by molar-refractivity contribution is 6.31. The van der Waals surface area contributed by atoms with Crippen molar-refractivity contribution in [3.05, 3.63) is 47.0 Å². The maximum Gasteiger partial charge on any atom is 0.434 e. The molecule has 1 unspecified atom stereocenters. The lowest BCUT2D eigenvalue weighted by Crippen LogP contribution is -2.63. The zero-order chi connectivity index (χ0) is 20.8. The summed E-state index contributed by atoms with van der Waals surface area (Å²) >= 11 is 5.78. The van der Waals surface area contributed by atoms with Crippen LogP contribution in [0, 0.1) is 11.3 Å². The first-order valence-electron chi connectivity index (χ1n) is 9.33. The van der Waals surface area contributed by atoms with E-state index in [0.29, 0.717) is 11.6 Å². The summed E-state index contributed by atoms with van der Waals surface area (Å²) in [6.45, 7) is 1.51. The number of aliphatic hydroxyl groups excluding tert-OH is 1. The second-order valence-electron chi connectivity index (χ2n) is 7.95. The number of aliphatic hydroxyl groups is 1. The summed E-state index contributed by atoms with van der Waals surface area (Å²) in [6, 6.07) is 3.12. The van der Waals surface area contributed by atoms with Crippen molar-refractivity contribution >= 4 is 17.3 Å². The average Bonchev–Trinajstić information content (AvgIpc) is 2.61. The van der Waals surface area contributed by atoms with Gasteiger partial charge in [-0.25, -0.2) is 4.98 Å². The first-order chi connectivity index (χ1) is 13.8. The van der Waals surface area contributed by atoms with Crippen molar-refractivity contribution in [2.24, 2.45) is 11.3 Å². The number of hydrogen-bond acceptors (Lipinski definition) is 5. The Balaban J connectivity index is 1.39.